The zero-order valence-electron chi connectivity index (χ0n) is 28.0. The van der Waals surface area contributed by atoms with Crippen LogP contribution in [0.25, 0.3) is 0 Å². The van der Waals surface area contributed by atoms with E-state index in [-0.39, 0.29) is 51.6 Å². The van der Waals surface area contributed by atoms with Crippen molar-refractivity contribution < 1.29 is 29.6 Å². The van der Waals surface area contributed by atoms with E-state index in [9.17, 15) is 20.1 Å². The number of nitrogens with zero attached hydrogens (tertiary/aromatic N) is 1. The van der Waals surface area contributed by atoms with Gasteiger partial charge >= 0.3 is 6.09 Å². The van der Waals surface area contributed by atoms with Crippen LogP contribution in [0.15, 0.2) is 24.4 Å². The van der Waals surface area contributed by atoms with Gasteiger partial charge in [0.1, 0.15) is 12.2 Å². The molecule has 13 atom stereocenters. The fourth-order valence-corrected chi connectivity index (χ4v) is 12.6. The third-order valence-corrected chi connectivity index (χ3v) is 14.7. The molecule has 0 bridgehead atoms. The predicted molar refractivity (Wildman–Crippen MR) is 169 cm³/mol. The Morgan fingerprint density at radius 3 is 2.56 bits per heavy atom. The Morgan fingerprint density at radius 2 is 1.87 bits per heavy atom. The van der Waals surface area contributed by atoms with E-state index in [1.807, 2.05) is 18.2 Å². The summed E-state index contributed by atoms with van der Waals surface area (Å²) < 4.78 is 12.7. The standard InChI is InChI=1S/C36H55N3O6/c1-20-17-22(28(40)32(4,5)43)44-27-26(20)33(6)14-15-35-19-34(35)13-12-25(45-30(42)39-18-21-9-7-8-16-38-21)31(2,3)23(34)10-11-24(35)36(33,37)29(27)41/h7-9,16,20,22-29,40-41,43H,10-15,17-19,37H2,1-6H3,(H,39,42)/t20-,22?,23+,24?,25+,26+,27?,28+,29+,33?,34?,35?,36+/m1/s1. The minimum Gasteiger partial charge on any atom is -0.446 e. The summed E-state index contributed by atoms with van der Waals surface area (Å²) in [5.41, 5.74) is 6.15. The maximum atomic E-state index is 12.9. The van der Waals surface area contributed by atoms with Crippen LogP contribution >= 0.6 is 0 Å². The number of carbonyl (C=O) groups excluding carboxylic acids is 1. The van der Waals surface area contributed by atoms with Gasteiger partial charge in [0.15, 0.2) is 0 Å². The highest BCUT2D eigenvalue weighted by Crippen LogP contribution is 2.87. The number of aromatic nitrogens is 1. The molecule has 1 aromatic heterocycles. The van der Waals surface area contributed by atoms with Gasteiger partial charge in [-0.2, -0.15) is 0 Å². The van der Waals surface area contributed by atoms with Crippen molar-refractivity contribution in [3.63, 3.8) is 0 Å². The highest BCUT2D eigenvalue weighted by molar-refractivity contribution is 5.67. The summed E-state index contributed by atoms with van der Waals surface area (Å²) in [4.78, 5) is 17.2. The van der Waals surface area contributed by atoms with Gasteiger partial charge in [-0.1, -0.05) is 33.8 Å². The molecule has 6 N–H and O–H groups in total. The van der Waals surface area contributed by atoms with E-state index in [2.05, 4.69) is 38.0 Å². The van der Waals surface area contributed by atoms with Gasteiger partial charge in [-0.05, 0) is 117 Å². The molecule has 45 heavy (non-hydrogen) atoms. The summed E-state index contributed by atoms with van der Waals surface area (Å²) in [7, 11) is 0. The highest BCUT2D eigenvalue weighted by Gasteiger charge is 2.85. The fraction of sp³-hybridized carbons (Fsp3) is 0.833. The van der Waals surface area contributed by atoms with Crippen LogP contribution in [0.1, 0.15) is 98.6 Å². The average molecular weight is 626 g/mol. The van der Waals surface area contributed by atoms with Crippen LogP contribution in [0, 0.1) is 45.3 Å². The third kappa shape index (κ3) is 4.22. The molecule has 250 valence electrons. The lowest BCUT2D eigenvalue weighted by Crippen LogP contribution is -2.70. The molecule has 2 heterocycles. The number of carbonyl (C=O) groups is 1. The minimum absolute atomic E-state index is 0.0807. The third-order valence-electron chi connectivity index (χ3n) is 14.7. The molecule has 1 aromatic rings. The highest BCUT2D eigenvalue weighted by atomic mass is 16.6. The molecule has 5 saturated carbocycles. The van der Waals surface area contributed by atoms with Crippen molar-refractivity contribution in [2.45, 2.75) is 141 Å². The SMILES string of the molecule is C[C@@H]1CC([C@H](O)C(C)(C)O)OC2[C@H]1C1(C)CCC34CC35CC[C@H](OC(=O)NCc3ccccn3)C(C)(C)[C@@H]5CCC4[C@]1(N)[C@H]2O. The van der Waals surface area contributed by atoms with Crippen LogP contribution in [0.5, 0.6) is 0 Å². The lowest BCUT2D eigenvalue weighted by Gasteiger charge is -2.63. The Morgan fingerprint density at radius 1 is 1.16 bits per heavy atom. The van der Waals surface area contributed by atoms with Crippen LogP contribution in [0.4, 0.5) is 4.79 Å². The lowest BCUT2D eigenvalue weighted by atomic mass is 9.43. The van der Waals surface area contributed by atoms with Crippen LogP contribution < -0.4 is 11.1 Å². The number of hydrogen-bond acceptors (Lipinski definition) is 8. The number of aliphatic hydroxyl groups excluding tert-OH is 2. The summed E-state index contributed by atoms with van der Waals surface area (Å²) in [5.74, 6) is 0.894. The summed E-state index contributed by atoms with van der Waals surface area (Å²) in [5, 5.41) is 36.7. The molecule has 0 aromatic carbocycles. The molecule has 9 heteroatoms. The first kappa shape index (κ1) is 31.8. The number of ether oxygens (including phenoxy) is 2. The lowest BCUT2D eigenvalue weighted by molar-refractivity contribution is -0.201. The van der Waals surface area contributed by atoms with Crippen LogP contribution in [0.3, 0.4) is 0 Å². The zero-order chi connectivity index (χ0) is 32.4. The first-order valence-electron chi connectivity index (χ1n) is 17.4. The molecule has 6 unspecified atom stereocenters. The molecular formula is C36H55N3O6. The van der Waals surface area contributed by atoms with Gasteiger partial charge in [0.25, 0.3) is 0 Å². The first-order valence-corrected chi connectivity index (χ1v) is 17.4. The van der Waals surface area contributed by atoms with Gasteiger partial charge in [0.05, 0.1) is 41.7 Å². The Labute approximate surface area is 268 Å². The second kappa shape index (κ2) is 10.1. The summed E-state index contributed by atoms with van der Waals surface area (Å²) in [6.45, 7) is 12.7. The number of pyridine rings is 1. The van der Waals surface area contributed by atoms with Crippen molar-refractivity contribution >= 4 is 6.09 Å². The molecule has 9 nitrogen and oxygen atoms in total. The monoisotopic (exact) mass is 625 g/mol. The largest absolute Gasteiger partial charge is 0.446 e. The van der Waals surface area contributed by atoms with E-state index < -0.39 is 35.6 Å². The zero-order valence-corrected chi connectivity index (χ0v) is 28.0. The summed E-state index contributed by atoms with van der Waals surface area (Å²) in [6, 6.07) is 5.65. The van der Waals surface area contributed by atoms with E-state index in [0.29, 0.717) is 18.9 Å². The van der Waals surface area contributed by atoms with Crippen molar-refractivity contribution in [3.8, 4) is 0 Å². The molecule has 1 amide bonds. The number of rotatable bonds is 5. The van der Waals surface area contributed by atoms with Crippen LogP contribution in [0.2, 0.25) is 0 Å². The van der Waals surface area contributed by atoms with Gasteiger partial charge in [-0.3, -0.25) is 4.98 Å². The normalized spacial score (nSPS) is 48.5. The quantitative estimate of drug-likeness (QED) is 0.325. The van der Waals surface area contributed by atoms with Crippen molar-refractivity contribution in [3.05, 3.63) is 30.1 Å². The van der Waals surface area contributed by atoms with Crippen LogP contribution in [-0.2, 0) is 16.0 Å². The van der Waals surface area contributed by atoms with Gasteiger partial charge in [0, 0.05) is 11.6 Å². The van der Waals surface area contributed by atoms with E-state index in [4.69, 9.17) is 15.2 Å². The second-order valence-corrected chi connectivity index (χ2v) is 17.4. The van der Waals surface area contributed by atoms with Crippen molar-refractivity contribution in [1.82, 2.24) is 10.3 Å². The van der Waals surface area contributed by atoms with Gasteiger partial charge in [0.2, 0.25) is 0 Å². The molecule has 1 saturated heterocycles. The topological polar surface area (TPSA) is 147 Å². The first-order chi connectivity index (χ1) is 21.0. The Kier molecular flexibility index (Phi) is 7.15. The number of nitrogens with two attached hydrogens (primary N) is 1. The average Bonchev–Trinajstić information content (AvgIpc) is 3.62. The minimum atomic E-state index is -1.30. The van der Waals surface area contributed by atoms with E-state index in [1.54, 1.807) is 20.0 Å². The Balaban J connectivity index is 1.11. The number of nitrogens with one attached hydrogen (secondary N) is 1. The molecule has 0 radical (unpaired) electrons. The van der Waals surface area contributed by atoms with E-state index in [1.165, 1.54) is 0 Å². The van der Waals surface area contributed by atoms with Gasteiger partial charge in [-0.25, -0.2) is 4.79 Å². The Hall–Kier alpha value is -1.78. The van der Waals surface area contributed by atoms with Crippen molar-refractivity contribution in [2.75, 3.05) is 0 Å². The van der Waals surface area contributed by atoms with E-state index in [0.717, 1.165) is 50.6 Å². The molecular weight excluding hydrogens is 570 g/mol. The van der Waals surface area contributed by atoms with Gasteiger partial charge < -0.3 is 35.8 Å². The molecule has 1 aliphatic heterocycles. The molecule has 5 aliphatic carbocycles. The number of amides is 1. The number of alkyl carbamates (subject to hydrolysis) is 1. The molecule has 6 aliphatic rings. The van der Waals surface area contributed by atoms with E-state index >= 15 is 0 Å². The maximum absolute atomic E-state index is 12.9. The fourth-order valence-electron chi connectivity index (χ4n) is 12.6. The van der Waals surface area contributed by atoms with Crippen molar-refractivity contribution in [2.24, 2.45) is 51.1 Å². The predicted octanol–water partition coefficient (Wildman–Crippen LogP) is 4.31. The smallest absolute Gasteiger partial charge is 0.407 e. The number of aliphatic hydroxyl groups is 3. The second-order valence-electron chi connectivity index (χ2n) is 17.4. The summed E-state index contributed by atoms with van der Waals surface area (Å²) >= 11 is 0. The summed E-state index contributed by atoms with van der Waals surface area (Å²) in [6.07, 6.45) is 5.90. The number of fused-ring (bicyclic) bond motifs is 4. The number of hydrogen-bond donors (Lipinski definition) is 5. The Bertz CT molecular complexity index is 1320. The molecule has 2 spiro atoms. The molecule has 6 fully saturated rings. The maximum Gasteiger partial charge on any atom is 0.407 e. The van der Waals surface area contributed by atoms with Crippen LogP contribution in [-0.4, -0.2) is 68.1 Å². The van der Waals surface area contributed by atoms with Gasteiger partial charge in [-0.15, -0.1) is 0 Å². The van der Waals surface area contributed by atoms with Crippen molar-refractivity contribution in [1.29, 1.82) is 0 Å². The molecule has 7 rings (SSSR count).